The number of Topliss-reactive ketones (excluding diaryl/α,β-unsaturated/α-hetero) is 2. The highest BCUT2D eigenvalue weighted by Gasteiger charge is 2.46. The Morgan fingerprint density at radius 3 is 1.06 bits per heavy atom. The maximum Gasteiger partial charge on any atom is 0.489 e. The quantitative estimate of drug-likeness (QED) is 0.0574. The van der Waals surface area contributed by atoms with E-state index in [-0.39, 0.29) is 12.8 Å². The Hall–Kier alpha value is -0.640. The molecule has 0 aliphatic carbocycles. The van der Waals surface area contributed by atoms with Crippen LogP contribution in [0.1, 0.15) is 175 Å². The Labute approximate surface area is 223 Å². The average molecular weight is 529 g/mol. The maximum absolute atomic E-state index is 12.8. The van der Waals surface area contributed by atoms with Gasteiger partial charge in [-0.25, -0.2) is 0 Å². The molecule has 0 aliphatic heterocycles. The molecule has 0 spiro atoms. The van der Waals surface area contributed by atoms with Gasteiger partial charge in [-0.3, -0.25) is 9.59 Å². The number of ketones is 2. The van der Waals surface area contributed by atoms with E-state index in [1.165, 1.54) is 110 Å². The molecule has 0 aromatic carbocycles. The third-order valence-electron chi connectivity index (χ3n) is 7.34. The van der Waals surface area contributed by atoms with Gasteiger partial charge in [-0.05, 0) is 24.3 Å². The molecule has 36 heavy (non-hydrogen) atoms. The summed E-state index contributed by atoms with van der Waals surface area (Å²) in [4.78, 5) is 36.8. The second-order valence-electron chi connectivity index (χ2n) is 10.8. The molecule has 0 radical (unpaired) electrons. The lowest BCUT2D eigenvalue weighted by molar-refractivity contribution is -0.197. The lowest BCUT2D eigenvalue weighted by atomic mass is 9.89. The molecule has 0 aromatic heterocycles. The van der Waals surface area contributed by atoms with E-state index in [2.05, 4.69) is 13.8 Å². The predicted octanol–water partition coefficient (Wildman–Crippen LogP) is 9.32. The topological polar surface area (TPSA) is 83.5 Å². The van der Waals surface area contributed by atoms with E-state index in [0.717, 1.165) is 25.7 Å². The Balaban J connectivity index is 4.08. The van der Waals surface area contributed by atoms with Crippen molar-refractivity contribution in [2.24, 2.45) is 0 Å². The molecule has 0 aliphatic rings. The van der Waals surface area contributed by atoms with Crippen LogP contribution in [0.4, 0.5) is 0 Å². The van der Waals surface area contributed by atoms with Crippen LogP contribution < -0.4 is 4.89 Å². The standard InChI is InChI=1S/C30H57O5P/c1-4-6-8-10-12-14-16-18-20-22-24-26-28(31)30(3,35-36(33)34)29(32)27-25-23-21-19-17-15-13-11-9-7-5-2/h4-27H2,1-3H3. The largest absolute Gasteiger partial charge is 0.566 e. The fourth-order valence-electron chi connectivity index (χ4n) is 4.78. The first-order chi connectivity index (χ1) is 17.4. The molecule has 0 bridgehead atoms. The molecule has 0 N–H and O–H groups in total. The molecule has 0 amide bonds. The summed E-state index contributed by atoms with van der Waals surface area (Å²) in [5.41, 5.74) is -1.85. The van der Waals surface area contributed by atoms with Crippen LogP contribution in [-0.2, 0) is 18.7 Å². The van der Waals surface area contributed by atoms with Crippen LogP contribution in [0.5, 0.6) is 0 Å². The molecule has 0 aromatic rings. The van der Waals surface area contributed by atoms with E-state index < -0.39 is 25.4 Å². The molecular weight excluding hydrogens is 471 g/mol. The summed E-state index contributed by atoms with van der Waals surface area (Å²) in [5.74, 6) is -0.795. The first kappa shape index (κ1) is 35.4. The van der Waals surface area contributed by atoms with E-state index in [4.69, 9.17) is 4.52 Å². The van der Waals surface area contributed by atoms with Crippen molar-refractivity contribution in [1.82, 2.24) is 0 Å². The number of rotatable bonds is 28. The minimum atomic E-state index is -3.26. The van der Waals surface area contributed by atoms with Gasteiger partial charge in [0.25, 0.3) is 0 Å². The van der Waals surface area contributed by atoms with Gasteiger partial charge >= 0.3 is 8.25 Å². The maximum atomic E-state index is 12.8. The van der Waals surface area contributed by atoms with Gasteiger partial charge in [-0.2, -0.15) is 0 Å². The van der Waals surface area contributed by atoms with Gasteiger partial charge in [-0.15, -0.1) is 4.52 Å². The van der Waals surface area contributed by atoms with Crippen molar-refractivity contribution in [3.8, 4) is 0 Å². The van der Waals surface area contributed by atoms with Gasteiger partial charge < -0.3 is 4.89 Å². The van der Waals surface area contributed by atoms with Crippen LogP contribution in [0, 0.1) is 0 Å². The van der Waals surface area contributed by atoms with E-state index in [9.17, 15) is 19.0 Å². The van der Waals surface area contributed by atoms with Gasteiger partial charge in [0, 0.05) is 12.8 Å². The predicted molar refractivity (Wildman–Crippen MR) is 149 cm³/mol. The van der Waals surface area contributed by atoms with Gasteiger partial charge in [0.15, 0.2) is 11.6 Å². The van der Waals surface area contributed by atoms with Crippen molar-refractivity contribution in [2.45, 2.75) is 180 Å². The van der Waals surface area contributed by atoms with E-state index in [0.29, 0.717) is 12.8 Å². The van der Waals surface area contributed by atoms with Crippen LogP contribution >= 0.6 is 8.25 Å². The Morgan fingerprint density at radius 1 is 0.556 bits per heavy atom. The van der Waals surface area contributed by atoms with Crippen LogP contribution in [0.3, 0.4) is 0 Å². The number of unbranched alkanes of at least 4 members (excludes halogenated alkanes) is 20. The smallest absolute Gasteiger partial charge is 0.489 e. The fraction of sp³-hybridized carbons (Fsp3) is 0.933. The monoisotopic (exact) mass is 528 g/mol. The highest BCUT2D eigenvalue weighted by atomic mass is 31.1. The molecule has 6 heteroatoms. The van der Waals surface area contributed by atoms with Crippen LogP contribution in [0.25, 0.3) is 0 Å². The normalized spacial score (nSPS) is 12.2. The number of carbonyl (C=O) groups is 2. The van der Waals surface area contributed by atoms with Crippen LogP contribution in [-0.4, -0.2) is 17.2 Å². The highest BCUT2D eigenvalue weighted by Crippen LogP contribution is 2.29. The summed E-state index contributed by atoms with van der Waals surface area (Å²) >= 11 is 0. The molecular formula is C30H57O5P. The zero-order chi connectivity index (χ0) is 26.9. The lowest BCUT2D eigenvalue weighted by Gasteiger charge is -2.21. The molecule has 0 saturated carbocycles. The minimum Gasteiger partial charge on any atom is -0.566 e. The van der Waals surface area contributed by atoms with Crippen LogP contribution in [0.2, 0.25) is 0 Å². The van der Waals surface area contributed by atoms with Gasteiger partial charge in [-0.1, -0.05) is 142 Å². The van der Waals surface area contributed by atoms with Crippen molar-refractivity contribution >= 4 is 19.8 Å². The Bertz CT molecular complexity index is 526. The summed E-state index contributed by atoms with van der Waals surface area (Å²) in [5, 5.41) is 0. The average Bonchev–Trinajstić information content (AvgIpc) is 2.85. The van der Waals surface area contributed by atoms with Crippen LogP contribution in [0.15, 0.2) is 0 Å². The zero-order valence-corrected chi connectivity index (χ0v) is 24.9. The summed E-state index contributed by atoms with van der Waals surface area (Å²) in [6.07, 6.45) is 26.3. The third-order valence-corrected chi connectivity index (χ3v) is 7.85. The molecule has 212 valence electrons. The molecule has 0 heterocycles. The number of hydrogen-bond donors (Lipinski definition) is 0. The number of hydrogen-bond acceptors (Lipinski definition) is 5. The summed E-state index contributed by atoms with van der Waals surface area (Å²) in [6.45, 7) is 5.81. The summed E-state index contributed by atoms with van der Waals surface area (Å²) in [6, 6.07) is 0. The van der Waals surface area contributed by atoms with Crippen molar-refractivity contribution in [1.29, 1.82) is 0 Å². The SMILES string of the molecule is CCCCCCCCCCCCCC(=O)C(C)(O[P+](=O)[O-])C(=O)CCCCCCCCCCCCC. The first-order valence-electron chi connectivity index (χ1n) is 15.3. The molecule has 1 unspecified atom stereocenters. The number of carbonyl (C=O) groups excluding carboxylic acids is 2. The molecule has 1 atom stereocenters. The molecule has 5 nitrogen and oxygen atoms in total. The van der Waals surface area contributed by atoms with Crippen molar-refractivity contribution in [2.75, 3.05) is 0 Å². The van der Waals surface area contributed by atoms with Crippen molar-refractivity contribution in [3.63, 3.8) is 0 Å². The Kier molecular flexibility index (Phi) is 24.2. The second kappa shape index (κ2) is 24.7. The first-order valence-corrected chi connectivity index (χ1v) is 16.4. The van der Waals surface area contributed by atoms with Gasteiger partial charge in [0.05, 0.1) is 0 Å². The van der Waals surface area contributed by atoms with Gasteiger partial charge in [0.2, 0.25) is 5.60 Å². The van der Waals surface area contributed by atoms with E-state index in [1.54, 1.807) is 0 Å². The summed E-state index contributed by atoms with van der Waals surface area (Å²) in [7, 11) is -3.26. The Morgan fingerprint density at radius 2 is 0.806 bits per heavy atom. The highest BCUT2D eigenvalue weighted by molar-refractivity contribution is 7.30. The van der Waals surface area contributed by atoms with Gasteiger partial charge in [0.1, 0.15) is 0 Å². The molecule has 0 saturated heterocycles. The second-order valence-corrected chi connectivity index (χ2v) is 11.4. The zero-order valence-electron chi connectivity index (χ0n) is 24.0. The molecule has 0 rings (SSSR count). The van der Waals surface area contributed by atoms with Crippen molar-refractivity contribution in [3.05, 3.63) is 0 Å². The fourth-order valence-corrected chi connectivity index (χ4v) is 5.28. The summed E-state index contributed by atoms with van der Waals surface area (Å²) < 4.78 is 16.2. The van der Waals surface area contributed by atoms with E-state index >= 15 is 0 Å². The van der Waals surface area contributed by atoms with Crippen molar-refractivity contribution < 1.29 is 23.6 Å². The lowest BCUT2D eigenvalue weighted by Crippen LogP contribution is -2.45. The third kappa shape index (κ3) is 19.5. The minimum absolute atomic E-state index is 0.195. The van der Waals surface area contributed by atoms with E-state index in [1.807, 2.05) is 0 Å². The molecule has 0 fully saturated rings.